The second-order valence-corrected chi connectivity index (χ2v) is 4.59. The highest BCUT2D eigenvalue weighted by molar-refractivity contribution is 7.07. The van der Waals surface area contributed by atoms with Crippen LogP contribution in [0, 0.1) is 5.82 Å². The highest BCUT2D eigenvalue weighted by Gasteiger charge is 2.03. The number of hydrogen-bond donors (Lipinski definition) is 2. The molecule has 0 unspecified atom stereocenters. The predicted octanol–water partition coefficient (Wildman–Crippen LogP) is 1.87. The molecular weight excluding hydrogens is 255 g/mol. The first-order valence-corrected chi connectivity index (χ1v) is 6.27. The number of benzene rings is 1. The summed E-state index contributed by atoms with van der Waals surface area (Å²) in [5.41, 5.74) is 1.66. The average Bonchev–Trinajstić information content (AvgIpc) is 2.75. The number of thiazole rings is 1. The van der Waals surface area contributed by atoms with E-state index < -0.39 is 0 Å². The maximum Gasteiger partial charge on any atom is 0.304 e. The Morgan fingerprint density at radius 3 is 2.89 bits per heavy atom. The third kappa shape index (κ3) is 3.18. The minimum Gasteiger partial charge on any atom is -0.494 e. The third-order valence-electron chi connectivity index (χ3n) is 2.43. The Bertz CT molecular complexity index is 579. The van der Waals surface area contributed by atoms with Crippen molar-refractivity contribution in [3.63, 3.8) is 0 Å². The van der Waals surface area contributed by atoms with Crippen molar-refractivity contribution >= 4 is 11.3 Å². The van der Waals surface area contributed by atoms with E-state index in [9.17, 15) is 9.18 Å². The smallest absolute Gasteiger partial charge is 0.304 e. The first kappa shape index (κ1) is 12.8. The van der Waals surface area contributed by atoms with E-state index >= 15 is 0 Å². The number of nitrogens with one attached hydrogen (secondary N) is 2. The molecule has 6 heteroatoms. The van der Waals surface area contributed by atoms with Crippen LogP contribution in [0.1, 0.15) is 11.3 Å². The standard InChI is InChI=1S/C12H13FN2O2S/c1-17-11-3-2-8(4-10(11)13)5-14-6-9-7-18-12(16)15-9/h2-4,7,14H,5-6H2,1H3,(H,15,16). The first-order valence-electron chi connectivity index (χ1n) is 5.39. The van der Waals surface area contributed by atoms with Gasteiger partial charge in [0.15, 0.2) is 11.6 Å². The van der Waals surface area contributed by atoms with Crippen LogP contribution in [-0.2, 0) is 13.1 Å². The fourth-order valence-electron chi connectivity index (χ4n) is 1.56. The van der Waals surface area contributed by atoms with Gasteiger partial charge in [-0.3, -0.25) is 4.79 Å². The molecule has 1 aromatic heterocycles. The molecular formula is C12H13FN2O2S. The van der Waals surface area contributed by atoms with Crippen LogP contribution in [0.4, 0.5) is 4.39 Å². The van der Waals surface area contributed by atoms with E-state index in [1.807, 2.05) is 0 Å². The van der Waals surface area contributed by atoms with Gasteiger partial charge in [0, 0.05) is 24.2 Å². The van der Waals surface area contributed by atoms with E-state index in [1.54, 1.807) is 17.5 Å². The van der Waals surface area contributed by atoms with Crippen molar-refractivity contribution in [3.8, 4) is 5.75 Å². The Morgan fingerprint density at radius 2 is 2.28 bits per heavy atom. The Kier molecular flexibility index (Phi) is 4.11. The van der Waals surface area contributed by atoms with Crippen LogP contribution in [0.25, 0.3) is 0 Å². The number of aromatic amines is 1. The topological polar surface area (TPSA) is 54.1 Å². The minimum atomic E-state index is -0.374. The van der Waals surface area contributed by atoms with Gasteiger partial charge in [-0.25, -0.2) is 4.39 Å². The predicted molar refractivity (Wildman–Crippen MR) is 68.4 cm³/mol. The molecule has 1 heterocycles. The molecule has 0 saturated heterocycles. The van der Waals surface area contributed by atoms with Gasteiger partial charge in [-0.2, -0.15) is 0 Å². The summed E-state index contributed by atoms with van der Waals surface area (Å²) in [7, 11) is 1.43. The normalized spacial score (nSPS) is 10.6. The monoisotopic (exact) mass is 268 g/mol. The van der Waals surface area contributed by atoms with Crippen molar-refractivity contribution in [2.45, 2.75) is 13.1 Å². The summed E-state index contributed by atoms with van der Waals surface area (Å²) in [5.74, 6) is -0.137. The molecule has 96 valence electrons. The van der Waals surface area contributed by atoms with Crippen molar-refractivity contribution in [3.05, 3.63) is 50.3 Å². The number of hydrogen-bond acceptors (Lipinski definition) is 4. The summed E-state index contributed by atoms with van der Waals surface area (Å²) in [5, 5.41) is 4.89. The van der Waals surface area contributed by atoms with E-state index in [-0.39, 0.29) is 16.4 Å². The van der Waals surface area contributed by atoms with E-state index in [0.29, 0.717) is 13.1 Å². The Labute approximate surface area is 107 Å². The number of rotatable bonds is 5. The molecule has 0 fully saturated rings. The number of halogens is 1. The zero-order valence-corrected chi connectivity index (χ0v) is 10.6. The molecule has 0 radical (unpaired) electrons. The van der Waals surface area contributed by atoms with Crippen molar-refractivity contribution in [1.29, 1.82) is 0 Å². The largest absolute Gasteiger partial charge is 0.494 e. The van der Waals surface area contributed by atoms with Gasteiger partial charge < -0.3 is 15.0 Å². The summed E-state index contributed by atoms with van der Waals surface area (Å²) in [6, 6.07) is 4.83. The van der Waals surface area contributed by atoms with Crippen LogP contribution in [-0.4, -0.2) is 12.1 Å². The second-order valence-electron chi connectivity index (χ2n) is 3.75. The van der Waals surface area contributed by atoms with Gasteiger partial charge in [0.25, 0.3) is 0 Å². The lowest BCUT2D eigenvalue weighted by Gasteiger charge is -2.06. The molecule has 0 aliphatic heterocycles. The fourth-order valence-corrected chi connectivity index (χ4v) is 2.14. The lowest BCUT2D eigenvalue weighted by molar-refractivity contribution is 0.386. The van der Waals surface area contributed by atoms with Crippen molar-refractivity contribution in [2.24, 2.45) is 0 Å². The molecule has 0 aliphatic carbocycles. The summed E-state index contributed by atoms with van der Waals surface area (Å²) in [6.07, 6.45) is 0. The van der Waals surface area contributed by atoms with Gasteiger partial charge in [0.05, 0.1) is 7.11 Å². The lowest BCUT2D eigenvalue weighted by Crippen LogP contribution is -2.14. The van der Waals surface area contributed by atoms with Gasteiger partial charge in [0.1, 0.15) is 0 Å². The molecule has 0 bridgehead atoms. The van der Waals surface area contributed by atoms with Crippen LogP contribution < -0.4 is 14.9 Å². The molecule has 2 N–H and O–H groups in total. The first-order chi connectivity index (χ1) is 8.69. The highest BCUT2D eigenvalue weighted by Crippen LogP contribution is 2.17. The Morgan fingerprint density at radius 1 is 1.44 bits per heavy atom. The van der Waals surface area contributed by atoms with Crippen LogP contribution in [0.2, 0.25) is 0 Å². The molecule has 1 aromatic carbocycles. The summed E-state index contributed by atoms with van der Waals surface area (Å²) < 4.78 is 18.2. The van der Waals surface area contributed by atoms with Gasteiger partial charge in [0.2, 0.25) is 0 Å². The molecule has 0 amide bonds. The Hall–Kier alpha value is -1.66. The quantitative estimate of drug-likeness (QED) is 0.870. The summed E-state index contributed by atoms with van der Waals surface area (Å²) in [6.45, 7) is 1.07. The molecule has 0 aliphatic rings. The van der Waals surface area contributed by atoms with Crippen molar-refractivity contribution < 1.29 is 9.13 Å². The molecule has 4 nitrogen and oxygen atoms in total. The third-order valence-corrected chi connectivity index (χ3v) is 3.15. The van der Waals surface area contributed by atoms with E-state index in [1.165, 1.54) is 13.2 Å². The molecule has 2 aromatic rings. The average molecular weight is 268 g/mol. The number of aromatic nitrogens is 1. The van der Waals surface area contributed by atoms with Gasteiger partial charge in [-0.05, 0) is 17.7 Å². The number of methoxy groups -OCH3 is 1. The van der Waals surface area contributed by atoms with E-state index in [4.69, 9.17) is 4.74 Å². The molecule has 18 heavy (non-hydrogen) atoms. The van der Waals surface area contributed by atoms with Gasteiger partial charge in [-0.15, -0.1) is 0 Å². The van der Waals surface area contributed by atoms with Crippen LogP contribution in [0.5, 0.6) is 5.75 Å². The maximum absolute atomic E-state index is 13.4. The molecule has 0 saturated carbocycles. The van der Waals surface area contributed by atoms with Crippen molar-refractivity contribution in [1.82, 2.24) is 10.3 Å². The zero-order chi connectivity index (χ0) is 13.0. The second kappa shape index (κ2) is 5.79. The fraction of sp³-hybridized carbons (Fsp3) is 0.250. The SMILES string of the molecule is COc1ccc(CNCc2csc(=O)[nH]2)cc1F. The molecule has 0 spiro atoms. The number of ether oxygens (including phenoxy) is 1. The highest BCUT2D eigenvalue weighted by atomic mass is 32.1. The maximum atomic E-state index is 13.4. The van der Waals surface area contributed by atoms with E-state index in [2.05, 4.69) is 10.3 Å². The molecule has 0 atom stereocenters. The summed E-state index contributed by atoms with van der Waals surface area (Å²) in [4.78, 5) is 13.5. The summed E-state index contributed by atoms with van der Waals surface area (Å²) >= 11 is 1.13. The molecule has 2 rings (SSSR count). The van der Waals surface area contributed by atoms with Crippen molar-refractivity contribution in [2.75, 3.05) is 7.11 Å². The number of H-pyrrole nitrogens is 1. The van der Waals surface area contributed by atoms with Gasteiger partial charge in [-0.1, -0.05) is 17.4 Å². The van der Waals surface area contributed by atoms with Crippen LogP contribution >= 0.6 is 11.3 Å². The van der Waals surface area contributed by atoms with Crippen LogP contribution in [0.15, 0.2) is 28.4 Å². The Balaban J connectivity index is 1.90. The minimum absolute atomic E-state index is 0.0673. The van der Waals surface area contributed by atoms with Gasteiger partial charge >= 0.3 is 4.87 Å². The lowest BCUT2D eigenvalue weighted by atomic mass is 10.2. The van der Waals surface area contributed by atoms with E-state index in [0.717, 1.165) is 22.6 Å². The van der Waals surface area contributed by atoms with Crippen LogP contribution in [0.3, 0.4) is 0 Å². The zero-order valence-electron chi connectivity index (χ0n) is 9.83.